The first-order chi connectivity index (χ1) is 8.61. The van der Waals surface area contributed by atoms with E-state index in [-0.39, 0.29) is 5.78 Å². The van der Waals surface area contributed by atoms with Crippen LogP contribution in [-0.2, 0) is 11.3 Å². The summed E-state index contributed by atoms with van der Waals surface area (Å²) in [5.41, 5.74) is 0.597. The van der Waals surface area contributed by atoms with E-state index in [1.165, 1.54) is 0 Å². The van der Waals surface area contributed by atoms with E-state index in [0.29, 0.717) is 23.7 Å². The van der Waals surface area contributed by atoms with Gasteiger partial charge in [-0.1, -0.05) is 15.9 Å². The highest BCUT2D eigenvalue weighted by Gasteiger charge is 2.16. The van der Waals surface area contributed by atoms with Gasteiger partial charge in [-0.3, -0.25) is 4.79 Å². The zero-order valence-electron chi connectivity index (χ0n) is 9.57. The standard InChI is InChI=1S/C13H10BrIO3/c1-17-7-9-3-5-12(18-9)13(16)10-6-8(15)2-4-11(10)14/h2-6H,7H2,1H3. The number of hydrogen-bond acceptors (Lipinski definition) is 3. The lowest BCUT2D eigenvalue weighted by molar-refractivity contribution is 0.0999. The minimum atomic E-state index is -0.136. The van der Waals surface area contributed by atoms with E-state index in [4.69, 9.17) is 9.15 Å². The van der Waals surface area contributed by atoms with Crippen LogP contribution < -0.4 is 0 Å². The average Bonchev–Trinajstić information content (AvgIpc) is 2.80. The zero-order chi connectivity index (χ0) is 13.1. The van der Waals surface area contributed by atoms with Gasteiger partial charge in [0.05, 0.1) is 0 Å². The lowest BCUT2D eigenvalue weighted by Gasteiger charge is -2.02. The monoisotopic (exact) mass is 420 g/mol. The van der Waals surface area contributed by atoms with Crippen molar-refractivity contribution < 1.29 is 13.9 Å². The number of rotatable bonds is 4. The van der Waals surface area contributed by atoms with Crippen molar-refractivity contribution in [1.82, 2.24) is 0 Å². The summed E-state index contributed by atoms with van der Waals surface area (Å²) in [5, 5.41) is 0. The molecule has 0 bridgehead atoms. The van der Waals surface area contributed by atoms with Gasteiger partial charge >= 0.3 is 0 Å². The Kier molecular flexibility index (Phi) is 4.58. The molecule has 0 unspecified atom stereocenters. The summed E-state index contributed by atoms with van der Waals surface area (Å²) in [4.78, 5) is 12.3. The van der Waals surface area contributed by atoms with Crippen LogP contribution in [0, 0.1) is 3.57 Å². The summed E-state index contributed by atoms with van der Waals surface area (Å²) in [5.74, 6) is 0.829. The first-order valence-electron chi connectivity index (χ1n) is 5.19. The number of ether oxygens (including phenoxy) is 1. The predicted octanol–water partition coefficient (Wildman–Crippen LogP) is 4.02. The van der Waals surface area contributed by atoms with Gasteiger partial charge in [-0.05, 0) is 52.9 Å². The maximum atomic E-state index is 12.3. The Labute approximate surface area is 127 Å². The number of hydrogen-bond donors (Lipinski definition) is 0. The van der Waals surface area contributed by atoms with Crippen molar-refractivity contribution in [2.24, 2.45) is 0 Å². The van der Waals surface area contributed by atoms with Crippen LogP contribution >= 0.6 is 38.5 Å². The van der Waals surface area contributed by atoms with Crippen LogP contribution in [0.1, 0.15) is 21.9 Å². The molecule has 2 aromatic rings. The van der Waals surface area contributed by atoms with Gasteiger partial charge in [0.2, 0.25) is 5.78 Å². The van der Waals surface area contributed by atoms with Gasteiger partial charge in [0, 0.05) is 20.7 Å². The Balaban J connectivity index is 2.32. The van der Waals surface area contributed by atoms with Crippen LogP contribution in [0.4, 0.5) is 0 Å². The largest absolute Gasteiger partial charge is 0.455 e. The van der Waals surface area contributed by atoms with Gasteiger partial charge in [0.25, 0.3) is 0 Å². The number of carbonyl (C=O) groups excluding carboxylic acids is 1. The predicted molar refractivity (Wildman–Crippen MR) is 79.7 cm³/mol. The van der Waals surface area contributed by atoms with E-state index in [2.05, 4.69) is 38.5 Å². The Bertz CT molecular complexity index is 577. The molecular weight excluding hydrogens is 411 g/mol. The van der Waals surface area contributed by atoms with E-state index in [1.54, 1.807) is 19.2 Å². The van der Waals surface area contributed by atoms with E-state index in [1.807, 2.05) is 18.2 Å². The summed E-state index contributed by atoms with van der Waals surface area (Å²) in [7, 11) is 1.58. The summed E-state index contributed by atoms with van der Waals surface area (Å²) >= 11 is 5.55. The fourth-order valence-corrected chi connectivity index (χ4v) is 2.44. The number of carbonyl (C=O) groups is 1. The third-order valence-electron chi connectivity index (χ3n) is 2.35. The molecule has 0 atom stereocenters. The molecule has 0 aliphatic rings. The summed E-state index contributed by atoms with van der Waals surface area (Å²) in [6, 6.07) is 9.03. The normalized spacial score (nSPS) is 10.6. The topological polar surface area (TPSA) is 39.4 Å². The number of methoxy groups -OCH3 is 1. The number of ketones is 1. The zero-order valence-corrected chi connectivity index (χ0v) is 13.3. The number of benzene rings is 1. The van der Waals surface area contributed by atoms with Crippen molar-refractivity contribution in [1.29, 1.82) is 0 Å². The molecule has 18 heavy (non-hydrogen) atoms. The first kappa shape index (κ1) is 13.8. The Hall–Kier alpha value is -0.660. The van der Waals surface area contributed by atoms with Crippen molar-refractivity contribution in [3.8, 4) is 0 Å². The summed E-state index contributed by atoms with van der Waals surface area (Å²) in [6.07, 6.45) is 0. The Morgan fingerprint density at radius 2 is 2.17 bits per heavy atom. The van der Waals surface area contributed by atoms with Gasteiger partial charge in [0.1, 0.15) is 12.4 Å². The molecule has 3 nitrogen and oxygen atoms in total. The van der Waals surface area contributed by atoms with Crippen LogP contribution in [0.15, 0.2) is 39.2 Å². The third-order valence-corrected chi connectivity index (χ3v) is 3.71. The molecule has 0 saturated heterocycles. The van der Waals surface area contributed by atoms with Gasteiger partial charge < -0.3 is 9.15 Å². The average molecular weight is 421 g/mol. The van der Waals surface area contributed by atoms with E-state index >= 15 is 0 Å². The molecule has 1 aromatic carbocycles. The van der Waals surface area contributed by atoms with Crippen LogP contribution in [0.3, 0.4) is 0 Å². The highest BCUT2D eigenvalue weighted by atomic mass is 127. The second-order valence-electron chi connectivity index (χ2n) is 3.65. The lowest BCUT2D eigenvalue weighted by atomic mass is 10.1. The third kappa shape index (κ3) is 3.02. The Morgan fingerprint density at radius 3 is 2.89 bits per heavy atom. The molecule has 0 N–H and O–H groups in total. The fraction of sp³-hybridized carbons (Fsp3) is 0.154. The molecule has 1 aromatic heterocycles. The molecule has 0 amide bonds. The molecule has 0 aliphatic heterocycles. The molecule has 1 heterocycles. The van der Waals surface area contributed by atoms with Crippen molar-refractivity contribution in [2.45, 2.75) is 6.61 Å². The van der Waals surface area contributed by atoms with Gasteiger partial charge in [0.15, 0.2) is 5.76 Å². The second-order valence-corrected chi connectivity index (χ2v) is 5.75. The molecule has 0 radical (unpaired) electrons. The maximum Gasteiger partial charge on any atom is 0.229 e. The second kappa shape index (κ2) is 5.99. The van der Waals surface area contributed by atoms with E-state index in [9.17, 15) is 4.79 Å². The molecule has 0 saturated carbocycles. The van der Waals surface area contributed by atoms with E-state index in [0.717, 1.165) is 8.04 Å². The minimum absolute atomic E-state index is 0.136. The molecular formula is C13H10BrIO3. The van der Waals surface area contributed by atoms with Gasteiger partial charge in [-0.15, -0.1) is 0 Å². The summed E-state index contributed by atoms with van der Waals surface area (Å²) in [6.45, 7) is 0.362. The van der Waals surface area contributed by atoms with Crippen molar-refractivity contribution >= 4 is 44.3 Å². The quantitative estimate of drug-likeness (QED) is 0.553. The van der Waals surface area contributed by atoms with Crippen LogP contribution in [0.5, 0.6) is 0 Å². The van der Waals surface area contributed by atoms with Crippen LogP contribution in [0.25, 0.3) is 0 Å². The SMILES string of the molecule is COCc1ccc(C(=O)c2cc(I)ccc2Br)o1. The highest BCUT2D eigenvalue weighted by Crippen LogP contribution is 2.23. The number of furan rings is 1. The minimum Gasteiger partial charge on any atom is -0.455 e. The van der Waals surface area contributed by atoms with Crippen molar-refractivity contribution in [3.63, 3.8) is 0 Å². The smallest absolute Gasteiger partial charge is 0.229 e. The molecule has 0 spiro atoms. The van der Waals surface area contributed by atoms with Crippen molar-refractivity contribution in [2.75, 3.05) is 7.11 Å². The highest BCUT2D eigenvalue weighted by molar-refractivity contribution is 14.1. The summed E-state index contributed by atoms with van der Waals surface area (Å²) < 4.78 is 12.2. The number of halogens is 2. The molecule has 0 aliphatic carbocycles. The van der Waals surface area contributed by atoms with Crippen LogP contribution in [0.2, 0.25) is 0 Å². The van der Waals surface area contributed by atoms with Gasteiger partial charge in [-0.25, -0.2) is 0 Å². The lowest BCUT2D eigenvalue weighted by Crippen LogP contribution is -2.01. The first-order valence-corrected chi connectivity index (χ1v) is 7.06. The van der Waals surface area contributed by atoms with E-state index < -0.39 is 0 Å². The van der Waals surface area contributed by atoms with Gasteiger partial charge in [-0.2, -0.15) is 0 Å². The van der Waals surface area contributed by atoms with Crippen LogP contribution in [-0.4, -0.2) is 12.9 Å². The fourth-order valence-electron chi connectivity index (χ4n) is 1.52. The van der Waals surface area contributed by atoms with Crippen molar-refractivity contribution in [3.05, 3.63) is 55.5 Å². The maximum absolute atomic E-state index is 12.3. The Morgan fingerprint density at radius 1 is 1.39 bits per heavy atom. The molecule has 94 valence electrons. The molecule has 5 heteroatoms. The molecule has 0 fully saturated rings. The molecule has 2 rings (SSSR count).